The van der Waals surface area contributed by atoms with Crippen LogP contribution in [0.15, 0.2) is 41.0 Å². The van der Waals surface area contributed by atoms with Gasteiger partial charge in [-0.15, -0.1) is 0 Å². The number of nitrogen functional groups attached to an aromatic ring is 1. The summed E-state index contributed by atoms with van der Waals surface area (Å²) in [5, 5.41) is 3.40. The van der Waals surface area contributed by atoms with E-state index in [4.69, 9.17) is 5.73 Å². The summed E-state index contributed by atoms with van der Waals surface area (Å²) in [6.45, 7) is 2.02. The standard InChI is InChI=1S/C15H19BrN2/c1-2-8-18-13-5-3-4-11(9-13)14-10-12(16)6-7-15(14)17/h2,6-10,13,18H,3-5,17H2,1H3/b8-2+. The van der Waals surface area contributed by atoms with Gasteiger partial charge >= 0.3 is 0 Å². The van der Waals surface area contributed by atoms with Crippen LogP contribution in [0.4, 0.5) is 5.69 Å². The average molecular weight is 307 g/mol. The molecule has 0 spiro atoms. The molecule has 3 heteroatoms. The Balaban J connectivity index is 2.25. The second-order valence-corrected chi connectivity index (χ2v) is 5.50. The largest absolute Gasteiger partial charge is 0.398 e. The van der Waals surface area contributed by atoms with Crippen molar-refractivity contribution >= 4 is 27.2 Å². The number of nitrogens with one attached hydrogen (secondary N) is 1. The highest BCUT2D eigenvalue weighted by Crippen LogP contribution is 2.32. The molecule has 0 radical (unpaired) electrons. The third kappa shape index (κ3) is 3.16. The van der Waals surface area contributed by atoms with Crippen LogP contribution in [0.2, 0.25) is 0 Å². The van der Waals surface area contributed by atoms with Crippen molar-refractivity contribution in [2.45, 2.75) is 32.2 Å². The van der Waals surface area contributed by atoms with Crippen LogP contribution in [-0.4, -0.2) is 6.04 Å². The van der Waals surface area contributed by atoms with Crippen LogP contribution in [0, 0.1) is 0 Å². The van der Waals surface area contributed by atoms with Gasteiger partial charge in [0.05, 0.1) is 0 Å². The van der Waals surface area contributed by atoms with Crippen molar-refractivity contribution in [1.29, 1.82) is 0 Å². The predicted molar refractivity (Wildman–Crippen MR) is 82.1 cm³/mol. The zero-order chi connectivity index (χ0) is 13.0. The predicted octanol–water partition coefficient (Wildman–Crippen LogP) is 4.09. The SMILES string of the molecule is C/C=C/NC1C=C(c2cc(Br)ccc2N)CCC1. The summed E-state index contributed by atoms with van der Waals surface area (Å²) in [5.41, 5.74) is 9.44. The molecule has 0 amide bonds. The third-order valence-corrected chi connectivity index (χ3v) is 3.70. The first-order valence-electron chi connectivity index (χ1n) is 6.34. The minimum Gasteiger partial charge on any atom is -0.398 e. The van der Waals surface area contributed by atoms with Crippen molar-refractivity contribution in [1.82, 2.24) is 5.32 Å². The molecule has 0 saturated carbocycles. The number of hydrogen-bond donors (Lipinski definition) is 2. The number of benzene rings is 1. The maximum atomic E-state index is 6.07. The van der Waals surface area contributed by atoms with E-state index in [1.165, 1.54) is 18.4 Å². The maximum Gasteiger partial charge on any atom is 0.0444 e. The summed E-state index contributed by atoms with van der Waals surface area (Å²) in [7, 11) is 0. The second-order valence-electron chi connectivity index (χ2n) is 4.59. The fourth-order valence-corrected chi connectivity index (χ4v) is 2.67. The van der Waals surface area contributed by atoms with E-state index in [1.54, 1.807) is 0 Å². The Morgan fingerprint density at radius 3 is 3.06 bits per heavy atom. The van der Waals surface area contributed by atoms with Gasteiger partial charge in [0, 0.05) is 21.8 Å². The number of allylic oxidation sites excluding steroid dienone is 2. The van der Waals surface area contributed by atoms with E-state index in [1.807, 2.05) is 31.3 Å². The molecule has 96 valence electrons. The molecule has 0 aliphatic heterocycles. The van der Waals surface area contributed by atoms with Gasteiger partial charge in [-0.3, -0.25) is 0 Å². The molecule has 18 heavy (non-hydrogen) atoms. The lowest BCUT2D eigenvalue weighted by Crippen LogP contribution is -2.24. The molecule has 1 unspecified atom stereocenters. The fourth-order valence-electron chi connectivity index (χ4n) is 2.30. The molecule has 0 bridgehead atoms. The number of nitrogens with two attached hydrogens (primary N) is 1. The zero-order valence-electron chi connectivity index (χ0n) is 10.6. The zero-order valence-corrected chi connectivity index (χ0v) is 12.2. The Labute approximate surface area is 117 Å². The number of rotatable bonds is 3. The first kappa shape index (κ1) is 13.2. The Hall–Kier alpha value is -1.22. The van der Waals surface area contributed by atoms with Gasteiger partial charge in [-0.25, -0.2) is 0 Å². The topological polar surface area (TPSA) is 38.0 Å². The molecule has 0 heterocycles. The highest BCUT2D eigenvalue weighted by Gasteiger charge is 2.15. The second kappa shape index (κ2) is 6.10. The van der Waals surface area contributed by atoms with Gasteiger partial charge in [0.15, 0.2) is 0 Å². The van der Waals surface area contributed by atoms with Gasteiger partial charge in [-0.05, 0) is 56.2 Å². The number of halogens is 1. The summed E-state index contributed by atoms with van der Waals surface area (Å²) in [6.07, 6.45) is 9.83. The average Bonchev–Trinajstić information content (AvgIpc) is 2.39. The summed E-state index contributed by atoms with van der Waals surface area (Å²) in [6, 6.07) is 6.48. The van der Waals surface area contributed by atoms with Crippen molar-refractivity contribution in [3.8, 4) is 0 Å². The van der Waals surface area contributed by atoms with Gasteiger partial charge in [0.1, 0.15) is 0 Å². The Morgan fingerprint density at radius 2 is 2.28 bits per heavy atom. The van der Waals surface area contributed by atoms with E-state index in [-0.39, 0.29) is 0 Å². The van der Waals surface area contributed by atoms with Gasteiger partial charge < -0.3 is 11.1 Å². The molecule has 0 saturated heterocycles. The minimum atomic E-state index is 0.420. The van der Waals surface area contributed by atoms with Crippen molar-refractivity contribution in [3.05, 3.63) is 46.6 Å². The van der Waals surface area contributed by atoms with Crippen LogP contribution in [0.1, 0.15) is 31.7 Å². The first-order valence-corrected chi connectivity index (χ1v) is 7.13. The quantitative estimate of drug-likeness (QED) is 0.825. The number of anilines is 1. The third-order valence-electron chi connectivity index (χ3n) is 3.20. The monoisotopic (exact) mass is 306 g/mol. The van der Waals surface area contributed by atoms with E-state index in [0.29, 0.717) is 6.04 Å². The Morgan fingerprint density at radius 1 is 1.44 bits per heavy atom. The molecular weight excluding hydrogens is 288 g/mol. The molecule has 2 nitrogen and oxygen atoms in total. The highest BCUT2D eigenvalue weighted by molar-refractivity contribution is 9.10. The Kier molecular flexibility index (Phi) is 4.48. The summed E-state index contributed by atoms with van der Waals surface area (Å²) < 4.78 is 1.08. The van der Waals surface area contributed by atoms with Crippen LogP contribution in [0.3, 0.4) is 0 Å². The van der Waals surface area contributed by atoms with Crippen LogP contribution < -0.4 is 11.1 Å². The highest BCUT2D eigenvalue weighted by atomic mass is 79.9. The van der Waals surface area contributed by atoms with Crippen LogP contribution in [0.25, 0.3) is 5.57 Å². The lowest BCUT2D eigenvalue weighted by Gasteiger charge is -2.22. The molecule has 1 aromatic rings. The normalized spacial score (nSPS) is 19.9. The van der Waals surface area contributed by atoms with Crippen molar-refractivity contribution < 1.29 is 0 Å². The first-order chi connectivity index (χ1) is 8.70. The molecule has 1 atom stereocenters. The fraction of sp³-hybridized carbons (Fsp3) is 0.333. The van der Waals surface area contributed by atoms with Crippen LogP contribution >= 0.6 is 15.9 Å². The smallest absolute Gasteiger partial charge is 0.0444 e. The van der Waals surface area contributed by atoms with Crippen molar-refractivity contribution in [2.75, 3.05) is 5.73 Å². The van der Waals surface area contributed by atoms with Gasteiger partial charge in [-0.2, -0.15) is 0 Å². The summed E-state index contributed by atoms with van der Waals surface area (Å²) in [4.78, 5) is 0. The van der Waals surface area contributed by atoms with E-state index < -0.39 is 0 Å². The van der Waals surface area contributed by atoms with E-state index in [0.717, 1.165) is 22.1 Å². The van der Waals surface area contributed by atoms with Crippen molar-refractivity contribution in [2.24, 2.45) is 0 Å². The molecule has 0 fully saturated rings. The van der Waals surface area contributed by atoms with Gasteiger partial charge in [-0.1, -0.05) is 28.1 Å². The minimum absolute atomic E-state index is 0.420. The molecule has 2 rings (SSSR count). The lowest BCUT2D eigenvalue weighted by atomic mass is 9.90. The van der Waals surface area contributed by atoms with E-state index in [2.05, 4.69) is 33.4 Å². The van der Waals surface area contributed by atoms with Crippen LogP contribution in [0.5, 0.6) is 0 Å². The molecule has 1 aliphatic carbocycles. The Bertz CT molecular complexity index is 477. The maximum absolute atomic E-state index is 6.07. The molecule has 0 aromatic heterocycles. The molecular formula is C15H19BrN2. The molecule has 1 aromatic carbocycles. The molecule has 1 aliphatic rings. The van der Waals surface area contributed by atoms with E-state index in [9.17, 15) is 0 Å². The van der Waals surface area contributed by atoms with Crippen LogP contribution in [-0.2, 0) is 0 Å². The number of hydrogen-bond acceptors (Lipinski definition) is 2. The van der Waals surface area contributed by atoms with E-state index >= 15 is 0 Å². The summed E-state index contributed by atoms with van der Waals surface area (Å²) in [5.74, 6) is 0. The van der Waals surface area contributed by atoms with Gasteiger partial charge in [0.25, 0.3) is 0 Å². The lowest BCUT2D eigenvalue weighted by molar-refractivity contribution is 0.592. The summed E-state index contributed by atoms with van der Waals surface area (Å²) >= 11 is 3.51. The van der Waals surface area contributed by atoms with Crippen molar-refractivity contribution in [3.63, 3.8) is 0 Å². The molecule has 3 N–H and O–H groups in total. The van der Waals surface area contributed by atoms with Gasteiger partial charge in [0.2, 0.25) is 0 Å².